The van der Waals surface area contributed by atoms with Crippen molar-refractivity contribution in [3.8, 4) is 0 Å². The van der Waals surface area contributed by atoms with E-state index in [1.807, 2.05) is 13.8 Å². The van der Waals surface area contributed by atoms with Gasteiger partial charge in [0.15, 0.2) is 0 Å². The number of aliphatic hydroxyl groups excluding tert-OH is 1. The fourth-order valence-corrected chi connectivity index (χ4v) is 3.49. The van der Waals surface area contributed by atoms with E-state index in [4.69, 9.17) is 23.9 Å². The van der Waals surface area contributed by atoms with E-state index in [-0.39, 0.29) is 6.04 Å². The fourth-order valence-electron chi connectivity index (χ4n) is 2.84. The molecule has 0 saturated heterocycles. The van der Waals surface area contributed by atoms with Crippen LogP contribution in [0.25, 0.3) is 0 Å². The first-order valence-electron chi connectivity index (χ1n) is 10.8. The van der Waals surface area contributed by atoms with Gasteiger partial charge >= 0.3 is 20.7 Å². The molecule has 3 unspecified atom stereocenters. The summed E-state index contributed by atoms with van der Waals surface area (Å²) in [6, 6.07) is -0.00743. The van der Waals surface area contributed by atoms with Crippen LogP contribution in [0, 0.1) is 0 Å². The molecule has 0 aliphatic heterocycles. The van der Waals surface area contributed by atoms with Crippen LogP contribution in [0.3, 0.4) is 0 Å². The molecule has 0 radical (unpaired) electrons. The normalized spacial score (nSPS) is 15.2. The number of carbonyl (C=O) groups excluding carboxylic acids is 2. The van der Waals surface area contributed by atoms with Crippen LogP contribution < -0.4 is 10.6 Å². The summed E-state index contributed by atoms with van der Waals surface area (Å²) in [5.41, 5.74) is 0.632. The number of ether oxygens (including phenoxy) is 2. The molecular weight excluding hydrogens is 424 g/mol. The van der Waals surface area contributed by atoms with Crippen LogP contribution in [0.4, 0.5) is 0 Å². The second-order valence-electron chi connectivity index (χ2n) is 7.61. The zero-order valence-corrected chi connectivity index (χ0v) is 20.1. The highest BCUT2D eigenvalue weighted by molar-refractivity contribution is 6.56. The van der Waals surface area contributed by atoms with Gasteiger partial charge in [-0.1, -0.05) is 13.8 Å². The summed E-state index contributed by atoms with van der Waals surface area (Å²) in [5.74, 6) is -0.939. The van der Waals surface area contributed by atoms with E-state index in [9.17, 15) is 14.7 Å². The number of nitrogens with one attached hydrogen (secondary N) is 2. The number of carbonyl (C=O) groups is 2. The van der Waals surface area contributed by atoms with Crippen molar-refractivity contribution in [2.45, 2.75) is 84.2 Å². The number of aliphatic hydroxyl groups is 1. The highest BCUT2D eigenvalue weighted by Gasteiger charge is 2.25. The summed E-state index contributed by atoms with van der Waals surface area (Å²) in [5, 5.41) is 16.0. The lowest BCUT2D eigenvalue weighted by molar-refractivity contribution is -0.152. The first-order valence-corrected chi connectivity index (χ1v) is 12.9. The molecule has 0 amide bonds. The van der Waals surface area contributed by atoms with E-state index < -0.39 is 39.1 Å². The van der Waals surface area contributed by atoms with E-state index in [0.29, 0.717) is 57.4 Å². The van der Waals surface area contributed by atoms with Gasteiger partial charge in [-0.2, -0.15) is 0 Å². The highest BCUT2D eigenvalue weighted by Crippen LogP contribution is 2.16. The van der Waals surface area contributed by atoms with Gasteiger partial charge < -0.3 is 39.6 Å². The predicted octanol–water partition coefficient (Wildman–Crippen LogP) is 0.180. The summed E-state index contributed by atoms with van der Waals surface area (Å²) < 4.78 is 10.7. The van der Waals surface area contributed by atoms with Gasteiger partial charge in [0.1, 0.15) is 12.2 Å². The van der Waals surface area contributed by atoms with Gasteiger partial charge in [-0.15, -0.1) is 0 Å². The van der Waals surface area contributed by atoms with Crippen molar-refractivity contribution >= 4 is 20.7 Å². The Labute approximate surface area is 186 Å². The quantitative estimate of drug-likeness (QED) is 0.0759. The summed E-state index contributed by atoms with van der Waals surface area (Å²) >= 11 is 0. The van der Waals surface area contributed by atoms with Crippen LogP contribution in [-0.2, 0) is 19.1 Å². The fraction of sp³-hybridized carbons (Fsp3) is 0.800. The Morgan fingerprint density at radius 2 is 1.65 bits per heavy atom. The molecule has 0 bridgehead atoms. The van der Waals surface area contributed by atoms with Crippen molar-refractivity contribution < 1.29 is 38.6 Å². The molecule has 0 rings (SSSR count). The Hall–Kier alpha value is -1.50. The van der Waals surface area contributed by atoms with Crippen molar-refractivity contribution in [2.24, 2.45) is 0 Å². The van der Waals surface area contributed by atoms with Gasteiger partial charge in [-0.25, -0.2) is 4.79 Å². The van der Waals surface area contributed by atoms with Gasteiger partial charge in [0, 0.05) is 50.7 Å². The highest BCUT2D eigenvalue weighted by atomic mass is 28.4. The average molecular weight is 465 g/mol. The van der Waals surface area contributed by atoms with Crippen LogP contribution in [-0.4, -0.2) is 78.2 Å². The number of hydrogen-bond donors (Lipinski definition) is 6. The first-order chi connectivity index (χ1) is 14.5. The third-order valence-corrected chi connectivity index (χ3v) is 5.53. The molecule has 0 fully saturated rings. The Morgan fingerprint density at radius 1 is 0.968 bits per heavy atom. The minimum Gasteiger partial charge on any atom is -0.462 e. The van der Waals surface area contributed by atoms with Crippen LogP contribution >= 0.6 is 0 Å². The third-order valence-electron chi connectivity index (χ3n) is 4.51. The molecule has 0 aromatic heterocycles. The molecule has 3 atom stereocenters. The molecule has 10 nitrogen and oxygen atoms in total. The summed E-state index contributed by atoms with van der Waals surface area (Å²) in [7, 11) is -3.96. The van der Waals surface area contributed by atoms with Crippen molar-refractivity contribution in [1.29, 1.82) is 0 Å². The topological polar surface area (TPSA) is 158 Å². The molecular formula is C20H40N2O8Si. The van der Waals surface area contributed by atoms with Crippen molar-refractivity contribution in [3.63, 3.8) is 0 Å². The van der Waals surface area contributed by atoms with Gasteiger partial charge in [0.2, 0.25) is 0 Å². The Balaban J connectivity index is 4.37. The predicted molar refractivity (Wildman–Crippen MR) is 118 cm³/mol. The molecule has 0 aromatic rings. The maximum atomic E-state index is 12.2. The standard InChI is InChI=1S/C20H40N2O8Si/c1-5-17(24)13-19(29-16(4)23)14-18(6-2)30-20(25)12-15(3)22-10-9-21-8-7-11-31(26,27)28/h12,17-19,21-22,24,26-28H,5-11,13-14H2,1-4H3/b15-12+. The molecule has 0 saturated carbocycles. The largest absolute Gasteiger partial charge is 0.492 e. The van der Waals surface area contributed by atoms with Crippen molar-refractivity contribution in [3.05, 3.63) is 11.8 Å². The minimum absolute atomic E-state index is 0.00743. The lowest BCUT2D eigenvalue weighted by Crippen LogP contribution is -2.35. The Kier molecular flexibility index (Phi) is 15.4. The van der Waals surface area contributed by atoms with Gasteiger partial charge in [-0.3, -0.25) is 4.79 Å². The lowest BCUT2D eigenvalue weighted by atomic mass is 10.0. The second kappa shape index (κ2) is 16.2. The third kappa shape index (κ3) is 17.8. The monoisotopic (exact) mass is 464 g/mol. The van der Waals surface area contributed by atoms with Gasteiger partial charge in [-0.05, 0) is 32.7 Å². The first kappa shape index (κ1) is 29.5. The Morgan fingerprint density at radius 3 is 2.19 bits per heavy atom. The molecule has 0 aliphatic rings. The molecule has 182 valence electrons. The van der Waals surface area contributed by atoms with E-state index in [0.717, 1.165) is 0 Å². The summed E-state index contributed by atoms with van der Waals surface area (Å²) in [4.78, 5) is 50.3. The molecule has 0 aliphatic carbocycles. The van der Waals surface area contributed by atoms with Gasteiger partial charge in [0.25, 0.3) is 0 Å². The van der Waals surface area contributed by atoms with E-state index >= 15 is 0 Å². The van der Waals surface area contributed by atoms with E-state index in [1.165, 1.54) is 13.0 Å². The van der Waals surface area contributed by atoms with Crippen molar-refractivity contribution in [1.82, 2.24) is 10.6 Å². The SMILES string of the molecule is CCC(O)CC(CC(CC)OC(=O)/C=C(\C)NCCNCCC[Si](O)(O)O)OC(C)=O. The summed E-state index contributed by atoms with van der Waals surface area (Å²) in [6.07, 6.45) is 1.99. The molecule has 0 aromatic carbocycles. The molecule has 0 heterocycles. The maximum Gasteiger partial charge on any atom is 0.492 e. The van der Waals surface area contributed by atoms with Crippen molar-refractivity contribution in [2.75, 3.05) is 19.6 Å². The molecule has 0 spiro atoms. The van der Waals surface area contributed by atoms with Crippen LogP contribution in [0.15, 0.2) is 11.8 Å². The summed E-state index contributed by atoms with van der Waals surface area (Å²) in [6.45, 7) is 8.45. The zero-order chi connectivity index (χ0) is 23.9. The van der Waals surface area contributed by atoms with Crippen LogP contribution in [0.2, 0.25) is 6.04 Å². The van der Waals surface area contributed by atoms with Crippen LogP contribution in [0.5, 0.6) is 0 Å². The second-order valence-corrected chi connectivity index (χ2v) is 9.66. The minimum atomic E-state index is -3.96. The molecule has 11 heteroatoms. The average Bonchev–Trinajstić information content (AvgIpc) is 2.64. The van der Waals surface area contributed by atoms with Gasteiger partial charge in [0.05, 0.1) is 6.10 Å². The number of allylic oxidation sites excluding steroid dienone is 1. The van der Waals surface area contributed by atoms with Crippen LogP contribution in [0.1, 0.15) is 59.8 Å². The number of rotatable bonds is 17. The Bertz CT molecular complexity index is 554. The van der Waals surface area contributed by atoms with E-state index in [2.05, 4.69) is 10.6 Å². The smallest absolute Gasteiger partial charge is 0.462 e. The molecule has 6 N–H and O–H groups in total. The zero-order valence-electron chi connectivity index (χ0n) is 19.1. The number of hydrogen-bond acceptors (Lipinski definition) is 10. The lowest BCUT2D eigenvalue weighted by Gasteiger charge is -2.24. The van der Waals surface area contributed by atoms with E-state index in [1.54, 1.807) is 6.92 Å². The molecule has 31 heavy (non-hydrogen) atoms. The maximum absolute atomic E-state index is 12.2. The number of esters is 2.